The predicted molar refractivity (Wildman–Crippen MR) is 62.2 cm³/mol. The fourth-order valence-electron chi connectivity index (χ4n) is 1.32. The molecule has 0 bridgehead atoms. The molecule has 0 amide bonds. The van der Waals surface area contributed by atoms with Crippen molar-refractivity contribution < 1.29 is 0 Å². The Morgan fingerprint density at radius 3 is 2.69 bits per heavy atom. The third-order valence-corrected chi connectivity index (χ3v) is 3.22. The van der Waals surface area contributed by atoms with E-state index in [9.17, 15) is 0 Å². The standard InChI is InChI=1S/C11H9BrS/c1-8-5-9(7-10(12)6-8)11-3-2-4-13-11/h2-7H,1H3. The summed E-state index contributed by atoms with van der Waals surface area (Å²) in [6.45, 7) is 2.11. The van der Waals surface area contributed by atoms with Crippen molar-refractivity contribution in [2.45, 2.75) is 6.92 Å². The summed E-state index contributed by atoms with van der Waals surface area (Å²) in [5.74, 6) is 0. The molecule has 0 saturated carbocycles. The van der Waals surface area contributed by atoms with Gasteiger partial charge in [-0.2, -0.15) is 0 Å². The van der Waals surface area contributed by atoms with Crippen molar-refractivity contribution in [1.82, 2.24) is 0 Å². The van der Waals surface area contributed by atoms with Crippen molar-refractivity contribution in [2.75, 3.05) is 0 Å². The van der Waals surface area contributed by atoms with Gasteiger partial charge in [0.1, 0.15) is 0 Å². The molecule has 0 N–H and O–H groups in total. The molecule has 0 aliphatic rings. The molecular formula is C11H9BrS. The van der Waals surface area contributed by atoms with Crippen LogP contribution < -0.4 is 0 Å². The lowest BCUT2D eigenvalue weighted by Crippen LogP contribution is -1.76. The summed E-state index contributed by atoms with van der Waals surface area (Å²) in [5.41, 5.74) is 2.58. The molecular weight excluding hydrogens is 244 g/mol. The molecule has 1 aromatic heterocycles. The van der Waals surface area contributed by atoms with Crippen LogP contribution in [0.4, 0.5) is 0 Å². The Labute approximate surface area is 90.4 Å². The van der Waals surface area contributed by atoms with E-state index < -0.39 is 0 Å². The van der Waals surface area contributed by atoms with Crippen LogP contribution in [0.3, 0.4) is 0 Å². The normalized spacial score (nSPS) is 10.3. The zero-order chi connectivity index (χ0) is 9.26. The number of halogens is 1. The monoisotopic (exact) mass is 252 g/mol. The van der Waals surface area contributed by atoms with Crippen LogP contribution in [-0.4, -0.2) is 0 Å². The molecule has 1 aromatic carbocycles. The average molecular weight is 253 g/mol. The van der Waals surface area contributed by atoms with Gasteiger partial charge in [-0.25, -0.2) is 0 Å². The second-order valence-corrected chi connectivity index (χ2v) is 4.86. The van der Waals surface area contributed by atoms with Crippen molar-refractivity contribution in [1.29, 1.82) is 0 Å². The van der Waals surface area contributed by atoms with Crippen molar-refractivity contribution in [3.63, 3.8) is 0 Å². The molecule has 0 fully saturated rings. The van der Waals surface area contributed by atoms with Gasteiger partial charge in [0.15, 0.2) is 0 Å². The third-order valence-electron chi connectivity index (χ3n) is 1.85. The van der Waals surface area contributed by atoms with Crippen LogP contribution in [0.5, 0.6) is 0 Å². The first kappa shape index (κ1) is 8.97. The molecule has 0 spiro atoms. The Bertz CT molecular complexity index is 384. The van der Waals surface area contributed by atoms with Gasteiger partial charge in [-0.1, -0.05) is 28.1 Å². The molecule has 0 atom stereocenters. The fourth-order valence-corrected chi connectivity index (χ4v) is 2.64. The zero-order valence-electron chi connectivity index (χ0n) is 7.25. The number of thiophene rings is 1. The summed E-state index contributed by atoms with van der Waals surface area (Å²) in [5, 5.41) is 2.10. The molecule has 0 aliphatic heterocycles. The third kappa shape index (κ3) is 2.01. The van der Waals surface area contributed by atoms with Crippen LogP contribution in [0.25, 0.3) is 10.4 Å². The summed E-state index contributed by atoms with van der Waals surface area (Å²) in [4.78, 5) is 1.32. The smallest absolute Gasteiger partial charge is 0.0343 e. The van der Waals surface area contributed by atoms with E-state index in [1.54, 1.807) is 11.3 Å². The summed E-state index contributed by atoms with van der Waals surface area (Å²) < 4.78 is 1.15. The zero-order valence-corrected chi connectivity index (χ0v) is 9.65. The lowest BCUT2D eigenvalue weighted by Gasteiger charge is -2.00. The second kappa shape index (κ2) is 3.64. The van der Waals surface area contributed by atoms with E-state index in [4.69, 9.17) is 0 Å². The van der Waals surface area contributed by atoms with Crippen molar-refractivity contribution in [2.24, 2.45) is 0 Å². The Morgan fingerprint density at radius 1 is 1.23 bits per heavy atom. The van der Waals surface area contributed by atoms with Crippen molar-refractivity contribution >= 4 is 27.3 Å². The quantitative estimate of drug-likeness (QED) is 0.702. The number of benzene rings is 1. The van der Waals surface area contributed by atoms with Crippen LogP contribution in [0.2, 0.25) is 0 Å². The molecule has 13 heavy (non-hydrogen) atoms. The maximum Gasteiger partial charge on any atom is 0.0343 e. The highest BCUT2D eigenvalue weighted by Crippen LogP contribution is 2.28. The highest BCUT2D eigenvalue weighted by molar-refractivity contribution is 9.10. The van der Waals surface area contributed by atoms with Gasteiger partial charge in [0.25, 0.3) is 0 Å². The summed E-state index contributed by atoms with van der Waals surface area (Å²) in [7, 11) is 0. The molecule has 0 unspecified atom stereocenters. The Morgan fingerprint density at radius 2 is 2.08 bits per heavy atom. The number of hydrogen-bond acceptors (Lipinski definition) is 1. The Kier molecular flexibility index (Phi) is 2.51. The van der Waals surface area contributed by atoms with Crippen molar-refractivity contribution in [3.05, 3.63) is 45.7 Å². The predicted octanol–water partition coefficient (Wildman–Crippen LogP) is 4.49. The molecule has 1 heterocycles. The fraction of sp³-hybridized carbons (Fsp3) is 0.0909. The number of aryl methyl sites for hydroxylation is 1. The summed E-state index contributed by atoms with van der Waals surface area (Å²) in [6.07, 6.45) is 0. The van der Waals surface area contributed by atoms with Crippen LogP contribution in [0.15, 0.2) is 40.2 Å². The molecule has 0 saturated heterocycles. The van der Waals surface area contributed by atoms with E-state index in [2.05, 4.69) is 58.6 Å². The molecule has 0 nitrogen and oxygen atoms in total. The van der Waals surface area contributed by atoms with E-state index in [1.807, 2.05) is 0 Å². The van der Waals surface area contributed by atoms with Gasteiger partial charge < -0.3 is 0 Å². The lowest BCUT2D eigenvalue weighted by atomic mass is 10.1. The highest BCUT2D eigenvalue weighted by atomic mass is 79.9. The van der Waals surface area contributed by atoms with Crippen LogP contribution in [0, 0.1) is 6.92 Å². The minimum atomic E-state index is 1.15. The van der Waals surface area contributed by atoms with Crippen LogP contribution >= 0.6 is 27.3 Å². The Balaban J connectivity index is 2.53. The van der Waals surface area contributed by atoms with Crippen LogP contribution in [0.1, 0.15) is 5.56 Å². The molecule has 66 valence electrons. The van der Waals surface area contributed by atoms with Gasteiger partial charge >= 0.3 is 0 Å². The first-order valence-electron chi connectivity index (χ1n) is 4.07. The SMILES string of the molecule is Cc1cc(Br)cc(-c2cccs2)c1. The largest absolute Gasteiger partial charge is 0.144 e. The van der Waals surface area contributed by atoms with Gasteiger partial charge in [-0.3, -0.25) is 0 Å². The molecule has 0 aliphatic carbocycles. The van der Waals surface area contributed by atoms with Gasteiger partial charge in [-0.05, 0) is 41.6 Å². The van der Waals surface area contributed by atoms with E-state index in [0.717, 1.165) is 4.47 Å². The van der Waals surface area contributed by atoms with Crippen LogP contribution in [-0.2, 0) is 0 Å². The highest BCUT2D eigenvalue weighted by Gasteiger charge is 2.00. The van der Waals surface area contributed by atoms with E-state index >= 15 is 0 Å². The van der Waals surface area contributed by atoms with Gasteiger partial charge in [0.05, 0.1) is 0 Å². The minimum absolute atomic E-state index is 1.15. The van der Waals surface area contributed by atoms with E-state index in [-0.39, 0.29) is 0 Å². The second-order valence-electron chi connectivity index (χ2n) is 2.99. The van der Waals surface area contributed by atoms with Crippen molar-refractivity contribution in [3.8, 4) is 10.4 Å². The topological polar surface area (TPSA) is 0 Å². The lowest BCUT2D eigenvalue weighted by molar-refractivity contribution is 1.46. The van der Waals surface area contributed by atoms with Gasteiger partial charge in [0, 0.05) is 9.35 Å². The summed E-state index contributed by atoms with van der Waals surface area (Å²) in [6, 6.07) is 10.7. The number of hydrogen-bond donors (Lipinski definition) is 0. The van der Waals surface area contributed by atoms with Gasteiger partial charge in [-0.15, -0.1) is 11.3 Å². The first-order chi connectivity index (χ1) is 6.25. The van der Waals surface area contributed by atoms with Gasteiger partial charge in [0.2, 0.25) is 0 Å². The maximum atomic E-state index is 3.50. The summed E-state index contributed by atoms with van der Waals surface area (Å²) >= 11 is 5.28. The van der Waals surface area contributed by atoms with E-state index in [1.165, 1.54) is 16.0 Å². The first-order valence-corrected chi connectivity index (χ1v) is 5.74. The molecule has 0 radical (unpaired) electrons. The molecule has 2 heteroatoms. The maximum absolute atomic E-state index is 3.50. The van der Waals surface area contributed by atoms with E-state index in [0.29, 0.717) is 0 Å². The minimum Gasteiger partial charge on any atom is -0.144 e. The number of rotatable bonds is 1. The Hall–Kier alpha value is -0.600. The molecule has 2 aromatic rings. The average Bonchev–Trinajstić information content (AvgIpc) is 2.53. The molecule has 2 rings (SSSR count).